The summed E-state index contributed by atoms with van der Waals surface area (Å²) in [5, 5.41) is 10.1. The Bertz CT molecular complexity index is 425. The molecule has 0 saturated heterocycles. The third-order valence-corrected chi connectivity index (χ3v) is 5.38. The Hall–Kier alpha value is -0.230. The van der Waals surface area contributed by atoms with Gasteiger partial charge in [-0.05, 0) is 31.8 Å². The molecule has 0 unspecified atom stereocenters. The summed E-state index contributed by atoms with van der Waals surface area (Å²) in [6, 6.07) is -0.592. The van der Waals surface area contributed by atoms with Crippen LogP contribution < -0.4 is 5.73 Å². The van der Waals surface area contributed by atoms with Gasteiger partial charge in [0.1, 0.15) is 0 Å². The second kappa shape index (κ2) is 16.7. The van der Waals surface area contributed by atoms with Crippen LogP contribution in [0.25, 0.3) is 0 Å². The van der Waals surface area contributed by atoms with Crippen LogP contribution in [-0.4, -0.2) is 33.6 Å². The largest absolute Gasteiger partial charge is 0.469 e. The lowest BCUT2D eigenvalue weighted by molar-refractivity contribution is 0.146. The molecule has 0 spiro atoms. The Morgan fingerprint density at radius 1 is 1.00 bits per heavy atom. The third-order valence-electron chi connectivity index (χ3n) is 4.86. The van der Waals surface area contributed by atoms with Crippen molar-refractivity contribution >= 4 is 7.82 Å². The van der Waals surface area contributed by atoms with E-state index < -0.39 is 20.0 Å². The Balaban J connectivity index is 3.67. The van der Waals surface area contributed by atoms with Crippen molar-refractivity contribution in [3.05, 3.63) is 11.6 Å². The fourth-order valence-electron chi connectivity index (χ4n) is 3.06. The molecule has 5 N–H and O–H groups in total. The van der Waals surface area contributed by atoms with Crippen LogP contribution >= 0.6 is 7.82 Å². The summed E-state index contributed by atoms with van der Waals surface area (Å²) in [4.78, 5) is 17.3. The molecule has 27 heavy (non-hydrogen) atoms. The van der Waals surface area contributed by atoms with Crippen LogP contribution in [0.1, 0.15) is 97.3 Å². The van der Waals surface area contributed by atoms with E-state index in [9.17, 15) is 9.67 Å². The first-order chi connectivity index (χ1) is 12.8. The van der Waals surface area contributed by atoms with Crippen LogP contribution in [0, 0.1) is 0 Å². The first-order valence-corrected chi connectivity index (χ1v) is 12.1. The molecular formula is C20H42NO5P. The highest BCUT2D eigenvalue weighted by molar-refractivity contribution is 7.46. The van der Waals surface area contributed by atoms with Gasteiger partial charge in [0.15, 0.2) is 0 Å². The van der Waals surface area contributed by atoms with E-state index in [0.29, 0.717) is 0 Å². The summed E-state index contributed by atoms with van der Waals surface area (Å²) in [6.07, 6.45) is 16.7. The number of nitrogens with two attached hydrogens (primary N) is 1. The fourth-order valence-corrected chi connectivity index (χ4v) is 3.41. The SMILES string of the molecule is CCCCCCCCCCCCC/C=C(/C)[C@@H](O)[C@@H](N)CCOP(=O)(O)O. The first kappa shape index (κ1) is 26.8. The van der Waals surface area contributed by atoms with Gasteiger partial charge in [-0.15, -0.1) is 0 Å². The number of aliphatic hydroxyl groups excluding tert-OH is 1. The maximum absolute atomic E-state index is 10.6. The maximum atomic E-state index is 10.6. The summed E-state index contributed by atoms with van der Waals surface area (Å²) in [5.41, 5.74) is 6.67. The molecule has 0 fully saturated rings. The number of allylic oxidation sites excluding steroid dienone is 1. The second-order valence-electron chi connectivity index (χ2n) is 7.49. The van der Waals surface area contributed by atoms with Crippen molar-refractivity contribution < 1.29 is 24.0 Å². The minimum Gasteiger partial charge on any atom is -0.387 e. The van der Waals surface area contributed by atoms with Crippen molar-refractivity contribution in [1.29, 1.82) is 0 Å². The quantitative estimate of drug-likeness (QED) is 0.147. The van der Waals surface area contributed by atoms with Crippen LogP contribution in [0.15, 0.2) is 11.6 Å². The molecule has 0 heterocycles. The molecule has 0 aromatic rings. The number of aliphatic hydroxyl groups is 1. The lowest BCUT2D eigenvalue weighted by Gasteiger charge is -2.19. The van der Waals surface area contributed by atoms with Crippen LogP contribution in [0.4, 0.5) is 0 Å². The molecule has 0 saturated carbocycles. The minimum absolute atomic E-state index is 0.172. The highest BCUT2D eigenvalue weighted by atomic mass is 31.2. The molecule has 0 aliphatic rings. The van der Waals surface area contributed by atoms with Crippen LogP contribution in [0.3, 0.4) is 0 Å². The zero-order chi connectivity index (χ0) is 20.5. The maximum Gasteiger partial charge on any atom is 0.469 e. The number of hydrogen-bond acceptors (Lipinski definition) is 4. The summed E-state index contributed by atoms with van der Waals surface area (Å²) in [5.74, 6) is 0. The van der Waals surface area contributed by atoms with E-state index in [0.717, 1.165) is 18.4 Å². The Morgan fingerprint density at radius 3 is 1.96 bits per heavy atom. The number of phosphoric ester groups is 1. The zero-order valence-electron chi connectivity index (χ0n) is 17.3. The molecule has 0 bridgehead atoms. The smallest absolute Gasteiger partial charge is 0.387 e. The predicted octanol–water partition coefficient (Wildman–Crippen LogP) is 4.82. The molecule has 0 aromatic carbocycles. The number of hydrogen-bond donors (Lipinski definition) is 4. The molecule has 0 aliphatic carbocycles. The average molecular weight is 408 g/mol. The second-order valence-corrected chi connectivity index (χ2v) is 8.73. The molecule has 0 aliphatic heterocycles. The number of phosphoric acid groups is 1. The van der Waals surface area contributed by atoms with Gasteiger partial charge in [-0.3, -0.25) is 4.52 Å². The van der Waals surface area contributed by atoms with Gasteiger partial charge in [0.25, 0.3) is 0 Å². The van der Waals surface area contributed by atoms with Gasteiger partial charge in [0.2, 0.25) is 0 Å². The fraction of sp³-hybridized carbons (Fsp3) is 0.900. The molecule has 0 amide bonds. The highest BCUT2D eigenvalue weighted by Crippen LogP contribution is 2.35. The monoisotopic (exact) mass is 407 g/mol. The van der Waals surface area contributed by atoms with Gasteiger partial charge in [-0.2, -0.15) is 0 Å². The van der Waals surface area contributed by atoms with E-state index in [1.807, 2.05) is 13.0 Å². The molecule has 6 nitrogen and oxygen atoms in total. The van der Waals surface area contributed by atoms with E-state index >= 15 is 0 Å². The van der Waals surface area contributed by atoms with Crippen molar-refractivity contribution in [2.24, 2.45) is 5.73 Å². The topological polar surface area (TPSA) is 113 Å². The molecule has 162 valence electrons. The first-order valence-electron chi connectivity index (χ1n) is 10.6. The molecule has 7 heteroatoms. The number of rotatable bonds is 18. The molecular weight excluding hydrogens is 365 g/mol. The lowest BCUT2D eigenvalue weighted by atomic mass is 10.00. The predicted molar refractivity (Wildman–Crippen MR) is 111 cm³/mol. The molecule has 0 rings (SSSR count). The highest BCUT2D eigenvalue weighted by Gasteiger charge is 2.19. The van der Waals surface area contributed by atoms with Gasteiger partial charge < -0.3 is 20.6 Å². The normalized spacial score (nSPS) is 15.1. The Kier molecular flexibility index (Phi) is 16.6. The van der Waals surface area contributed by atoms with E-state index in [2.05, 4.69) is 11.4 Å². The van der Waals surface area contributed by atoms with Crippen LogP contribution in [0.5, 0.6) is 0 Å². The lowest BCUT2D eigenvalue weighted by Crippen LogP contribution is -2.36. The van der Waals surface area contributed by atoms with E-state index in [-0.39, 0.29) is 13.0 Å². The van der Waals surface area contributed by atoms with Crippen LogP contribution in [0.2, 0.25) is 0 Å². The summed E-state index contributed by atoms with van der Waals surface area (Å²) in [7, 11) is -4.47. The van der Waals surface area contributed by atoms with Gasteiger partial charge in [-0.25, -0.2) is 4.57 Å². The van der Waals surface area contributed by atoms with Crippen molar-refractivity contribution in [2.75, 3.05) is 6.61 Å². The van der Waals surface area contributed by atoms with E-state index in [1.165, 1.54) is 64.2 Å². The minimum atomic E-state index is -4.47. The Morgan fingerprint density at radius 2 is 1.48 bits per heavy atom. The average Bonchev–Trinajstić information content (AvgIpc) is 2.60. The summed E-state index contributed by atoms with van der Waals surface area (Å²) < 4.78 is 15.0. The zero-order valence-corrected chi connectivity index (χ0v) is 18.2. The molecule has 0 radical (unpaired) electrons. The summed E-state index contributed by atoms with van der Waals surface area (Å²) >= 11 is 0. The van der Waals surface area contributed by atoms with Gasteiger partial charge in [0.05, 0.1) is 12.7 Å². The van der Waals surface area contributed by atoms with Crippen LogP contribution in [-0.2, 0) is 9.09 Å². The van der Waals surface area contributed by atoms with Crippen molar-refractivity contribution in [3.63, 3.8) is 0 Å². The molecule has 0 aromatic heterocycles. The van der Waals surface area contributed by atoms with Gasteiger partial charge in [-0.1, -0.05) is 77.2 Å². The van der Waals surface area contributed by atoms with Crippen molar-refractivity contribution in [1.82, 2.24) is 0 Å². The van der Waals surface area contributed by atoms with E-state index in [1.54, 1.807) is 0 Å². The third kappa shape index (κ3) is 17.6. The Labute approximate surface area is 165 Å². The standard InChI is InChI=1S/C20H42NO5P/c1-3-4-5-6-7-8-9-10-11-12-13-14-15-18(2)20(22)19(21)16-17-26-27(23,24)25/h15,19-20,22H,3-14,16-17,21H2,1-2H3,(H2,23,24,25)/b18-15-/t19-,20+/m0/s1. The van der Waals surface area contributed by atoms with Crippen molar-refractivity contribution in [3.8, 4) is 0 Å². The van der Waals surface area contributed by atoms with Crippen molar-refractivity contribution in [2.45, 2.75) is 109 Å². The summed E-state index contributed by atoms with van der Waals surface area (Å²) in [6.45, 7) is 3.91. The van der Waals surface area contributed by atoms with E-state index in [4.69, 9.17) is 15.5 Å². The number of unbranched alkanes of at least 4 members (excludes halogenated alkanes) is 11. The van der Waals surface area contributed by atoms with Gasteiger partial charge in [0, 0.05) is 6.04 Å². The molecule has 2 atom stereocenters. The van der Waals surface area contributed by atoms with Gasteiger partial charge >= 0.3 is 7.82 Å².